The van der Waals surface area contributed by atoms with Crippen molar-refractivity contribution in [3.05, 3.63) is 0 Å². The minimum absolute atomic E-state index is 0.251. The van der Waals surface area contributed by atoms with Crippen LogP contribution in [0.4, 0.5) is 0 Å². The minimum atomic E-state index is 0.251. The van der Waals surface area contributed by atoms with E-state index in [2.05, 4.69) is 28.7 Å². The second-order valence-corrected chi connectivity index (χ2v) is 1.09. The zero-order valence-electron chi connectivity index (χ0n) is 4.89. The first kappa shape index (κ1) is 7.84. The fourth-order valence-electron chi connectivity index (χ4n) is 0.232. The topological polar surface area (TPSA) is 44.5 Å². The highest BCUT2D eigenvalue weighted by atomic mass is 16.6. The molecule has 2 N–H and O–H groups in total. The summed E-state index contributed by atoms with van der Waals surface area (Å²) in [6.07, 6.45) is 7.01. The van der Waals surface area contributed by atoms with E-state index in [4.69, 9.17) is 11.2 Å². The molecule has 0 aliphatic heterocycles. The summed E-state index contributed by atoms with van der Waals surface area (Å²) in [7, 11) is 0. The smallest absolute Gasteiger partial charge is 0.139 e. The Kier molecular flexibility index (Phi) is 5.96. The van der Waals surface area contributed by atoms with Gasteiger partial charge in [0.2, 0.25) is 0 Å². The summed E-state index contributed by atoms with van der Waals surface area (Å²) < 4.78 is 4.74. The van der Waals surface area contributed by atoms with Crippen molar-refractivity contribution in [1.82, 2.24) is 0 Å². The maximum Gasteiger partial charge on any atom is 0.139 e. The normalized spacial score (nSPS) is 6.67. The van der Waals surface area contributed by atoms with Crippen LogP contribution in [-0.2, 0) is 9.57 Å². The molecule has 0 saturated heterocycles. The number of hydrogen-bond acceptors (Lipinski definition) is 3. The third-order valence-corrected chi connectivity index (χ3v) is 0.491. The molecule has 0 radical (unpaired) electrons. The Morgan fingerprint density at radius 2 is 2.22 bits per heavy atom. The van der Waals surface area contributed by atoms with E-state index >= 15 is 0 Å². The zero-order valence-corrected chi connectivity index (χ0v) is 4.89. The molecule has 0 saturated carbocycles. The van der Waals surface area contributed by atoms with Crippen molar-refractivity contribution in [3.8, 4) is 24.4 Å². The molecule has 0 spiro atoms. The van der Waals surface area contributed by atoms with E-state index in [1.54, 1.807) is 0 Å². The minimum Gasteiger partial charge on any atom is -0.359 e. The number of nitrogens with two attached hydrogens (primary N) is 1. The first-order chi connectivity index (χ1) is 4.41. The second kappa shape index (κ2) is 6.84. The van der Waals surface area contributed by atoms with Crippen molar-refractivity contribution in [3.63, 3.8) is 0 Å². The van der Waals surface area contributed by atoms with Crippen LogP contribution in [0, 0.1) is 24.4 Å². The van der Waals surface area contributed by atoms with Crippen molar-refractivity contribution < 1.29 is 9.57 Å². The molecule has 0 heterocycles. The molecule has 0 amide bonds. The van der Waals surface area contributed by atoms with Gasteiger partial charge in [0.25, 0.3) is 0 Å². The lowest BCUT2D eigenvalue weighted by atomic mass is 10.7. The van der Waals surface area contributed by atoms with Gasteiger partial charge in [0.1, 0.15) is 19.3 Å². The van der Waals surface area contributed by atoms with Crippen molar-refractivity contribution in [2.75, 3.05) is 13.2 Å². The van der Waals surface area contributed by atoms with Crippen LogP contribution < -0.4 is 5.90 Å². The number of rotatable bonds is 2. The van der Waals surface area contributed by atoms with Gasteiger partial charge in [-0.1, -0.05) is 5.92 Å². The lowest BCUT2D eigenvalue weighted by molar-refractivity contribution is 0.202. The van der Waals surface area contributed by atoms with E-state index in [-0.39, 0.29) is 13.2 Å². The van der Waals surface area contributed by atoms with Gasteiger partial charge < -0.3 is 9.57 Å². The molecule has 3 nitrogen and oxygen atoms in total. The number of ether oxygens (including phenoxy) is 1. The van der Waals surface area contributed by atoms with Crippen LogP contribution in [0.25, 0.3) is 0 Å². The maximum absolute atomic E-state index is 4.86. The molecule has 9 heavy (non-hydrogen) atoms. The van der Waals surface area contributed by atoms with Gasteiger partial charge in [-0.3, -0.25) is 0 Å². The summed E-state index contributed by atoms with van der Waals surface area (Å²) in [6, 6.07) is 0. The predicted octanol–water partition coefficient (Wildman–Crippen LogP) is -0.513. The molecule has 48 valence electrons. The van der Waals surface area contributed by atoms with Gasteiger partial charge in [-0.25, -0.2) is 0 Å². The third-order valence-electron chi connectivity index (χ3n) is 0.491. The first-order valence-electron chi connectivity index (χ1n) is 2.26. The Labute approximate surface area is 54.1 Å². The molecular formula is C6H7NO2. The quantitative estimate of drug-likeness (QED) is 0.307. The Morgan fingerprint density at radius 3 is 2.78 bits per heavy atom. The monoisotopic (exact) mass is 125 g/mol. The highest BCUT2D eigenvalue weighted by Gasteiger charge is 1.74. The van der Waals surface area contributed by atoms with Crippen LogP contribution in [0.2, 0.25) is 0 Å². The predicted molar refractivity (Wildman–Crippen MR) is 32.7 cm³/mol. The molecule has 3 heteroatoms. The van der Waals surface area contributed by atoms with Crippen molar-refractivity contribution >= 4 is 0 Å². The molecule has 0 aliphatic carbocycles. The summed E-state index contributed by atoms with van der Waals surface area (Å²) in [5.41, 5.74) is 0. The standard InChI is InChI=1S/C6H7NO2/c1-2-4-8-5-3-6-9-7/h1H,4-5,7H2. The molecule has 0 atom stereocenters. The third kappa shape index (κ3) is 6.84. The second-order valence-electron chi connectivity index (χ2n) is 1.09. The van der Waals surface area contributed by atoms with Gasteiger partial charge in [-0.05, 0) is 5.92 Å². The molecule has 0 aromatic carbocycles. The summed E-state index contributed by atoms with van der Waals surface area (Å²) in [4.78, 5) is 3.93. The van der Waals surface area contributed by atoms with Gasteiger partial charge in [-0.15, -0.1) is 6.42 Å². The molecule has 0 aromatic heterocycles. The van der Waals surface area contributed by atoms with Crippen LogP contribution >= 0.6 is 0 Å². The highest BCUT2D eigenvalue weighted by molar-refractivity contribution is 4.92. The molecule has 0 unspecified atom stereocenters. The van der Waals surface area contributed by atoms with E-state index in [1.807, 2.05) is 0 Å². The van der Waals surface area contributed by atoms with Gasteiger partial charge in [-0.2, -0.15) is 5.90 Å². The zero-order chi connectivity index (χ0) is 6.95. The van der Waals surface area contributed by atoms with Crippen LogP contribution in [-0.4, -0.2) is 13.2 Å². The van der Waals surface area contributed by atoms with E-state index in [9.17, 15) is 0 Å². The molecule has 0 aliphatic rings. The number of terminal acetylenes is 1. The van der Waals surface area contributed by atoms with Gasteiger partial charge in [0, 0.05) is 0 Å². The fourth-order valence-corrected chi connectivity index (χ4v) is 0.232. The van der Waals surface area contributed by atoms with Crippen molar-refractivity contribution in [2.24, 2.45) is 5.90 Å². The maximum atomic E-state index is 4.86. The Hall–Kier alpha value is -1.16. The van der Waals surface area contributed by atoms with Crippen LogP contribution in [0.15, 0.2) is 0 Å². The van der Waals surface area contributed by atoms with E-state index in [0.717, 1.165) is 0 Å². The lowest BCUT2D eigenvalue weighted by Gasteiger charge is -1.87. The Bertz CT molecular complexity index is 149. The average molecular weight is 125 g/mol. The summed E-state index contributed by atoms with van der Waals surface area (Å²) in [5.74, 6) is 9.31. The van der Waals surface area contributed by atoms with E-state index in [0.29, 0.717) is 0 Å². The van der Waals surface area contributed by atoms with Crippen LogP contribution in [0.1, 0.15) is 0 Å². The van der Waals surface area contributed by atoms with Crippen LogP contribution in [0.5, 0.6) is 0 Å². The lowest BCUT2D eigenvalue weighted by Crippen LogP contribution is -1.93. The average Bonchev–Trinajstić information content (AvgIpc) is 1.89. The highest BCUT2D eigenvalue weighted by Crippen LogP contribution is 1.67. The molecule has 0 bridgehead atoms. The fraction of sp³-hybridized carbons (Fsp3) is 0.333. The molecule has 0 fully saturated rings. The van der Waals surface area contributed by atoms with Gasteiger partial charge in [0.15, 0.2) is 0 Å². The molecule has 0 aromatic rings. The molecule has 0 rings (SSSR count). The largest absolute Gasteiger partial charge is 0.359 e. The first-order valence-corrected chi connectivity index (χ1v) is 2.26. The van der Waals surface area contributed by atoms with Crippen molar-refractivity contribution in [2.45, 2.75) is 0 Å². The van der Waals surface area contributed by atoms with E-state index < -0.39 is 0 Å². The SMILES string of the molecule is C#CCOCC#CON. The Morgan fingerprint density at radius 1 is 1.44 bits per heavy atom. The number of hydrogen-bond donors (Lipinski definition) is 1. The van der Waals surface area contributed by atoms with Gasteiger partial charge >= 0.3 is 0 Å². The van der Waals surface area contributed by atoms with Gasteiger partial charge in [0.05, 0.1) is 0 Å². The Balaban J connectivity index is 3.01. The molecular weight excluding hydrogens is 118 g/mol. The van der Waals surface area contributed by atoms with E-state index in [1.165, 1.54) is 0 Å². The van der Waals surface area contributed by atoms with Crippen LogP contribution in [0.3, 0.4) is 0 Å². The summed E-state index contributed by atoms with van der Waals surface area (Å²) in [6.45, 7) is 0.515. The van der Waals surface area contributed by atoms with Crippen molar-refractivity contribution in [1.29, 1.82) is 0 Å². The summed E-state index contributed by atoms with van der Waals surface area (Å²) >= 11 is 0. The summed E-state index contributed by atoms with van der Waals surface area (Å²) in [5, 5.41) is 0.